The minimum atomic E-state index is -0.891. The van der Waals surface area contributed by atoms with Gasteiger partial charge in [0.1, 0.15) is 10.9 Å². The highest BCUT2D eigenvalue weighted by molar-refractivity contribution is 7.12. The number of hydrogen-bond acceptors (Lipinski definition) is 5. The average Bonchev–Trinajstić information content (AvgIpc) is 2.85. The maximum atomic E-state index is 11.9. The summed E-state index contributed by atoms with van der Waals surface area (Å²) in [4.78, 5) is 12.3. The van der Waals surface area contributed by atoms with E-state index < -0.39 is 5.60 Å². The van der Waals surface area contributed by atoms with Crippen molar-refractivity contribution < 1.29 is 14.6 Å². The lowest BCUT2D eigenvalue weighted by Crippen LogP contribution is -2.46. The van der Waals surface area contributed by atoms with Gasteiger partial charge in [-0.15, -0.1) is 11.3 Å². The third kappa shape index (κ3) is 2.88. The van der Waals surface area contributed by atoms with Crippen LogP contribution in [0.3, 0.4) is 0 Å². The molecule has 1 aliphatic rings. The number of hydrogen-bond donors (Lipinski definition) is 2. The second-order valence-electron chi connectivity index (χ2n) is 4.29. The number of carbonyl (C=O) groups excluding carboxylic acids is 1. The van der Waals surface area contributed by atoms with Crippen molar-refractivity contribution in [3.05, 3.63) is 21.9 Å². The molecule has 2 N–H and O–H groups in total. The highest BCUT2D eigenvalue weighted by atomic mass is 32.1. The zero-order chi connectivity index (χ0) is 13.0. The minimum Gasteiger partial charge on any atom is -0.388 e. The lowest BCUT2D eigenvalue weighted by Gasteiger charge is -2.31. The second kappa shape index (κ2) is 5.48. The van der Waals surface area contributed by atoms with Crippen LogP contribution in [0.5, 0.6) is 0 Å². The van der Waals surface area contributed by atoms with Gasteiger partial charge in [0.25, 0.3) is 5.91 Å². The quantitative estimate of drug-likeness (QED) is 0.851. The Labute approximate surface area is 109 Å². The first kappa shape index (κ1) is 13.0. The Morgan fingerprint density at radius 1 is 1.61 bits per heavy atom. The van der Waals surface area contributed by atoms with Crippen molar-refractivity contribution in [1.29, 1.82) is 5.26 Å². The number of nitrogens with zero attached hydrogens (tertiary/aromatic N) is 1. The van der Waals surface area contributed by atoms with Crippen molar-refractivity contribution in [3.8, 4) is 6.07 Å². The van der Waals surface area contributed by atoms with Crippen LogP contribution in [-0.2, 0) is 4.74 Å². The van der Waals surface area contributed by atoms with E-state index in [0.29, 0.717) is 36.5 Å². The number of thiophene rings is 1. The molecule has 0 atom stereocenters. The van der Waals surface area contributed by atoms with Gasteiger partial charge in [-0.25, -0.2) is 0 Å². The minimum absolute atomic E-state index is 0.192. The van der Waals surface area contributed by atoms with Crippen molar-refractivity contribution in [2.75, 3.05) is 19.8 Å². The van der Waals surface area contributed by atoms with Crippen LogP contribution in [0.4, 0.5) is 0 Å². The first-order valence-electron chi connectivity index (χ1n) is 5.70. The molecule has 1 amide bonds. The summed E-state index contributed by atoms with van der Waals surface area (Å²) in [6, 6.07) is 3.58. The van der Waals surface area contributed by atoms with Gasteiger partial charge in [-0.3, -0.25) is 4.79 Å². The lowest BCUT2D eigenvalue weighted by atomic mass is 9.94. The highest BCUT2D eigenvalue weighted by Gasteiger charge is 2.30. The number of amides is 1. The summed E-state index contributed by atoms with van der Waals surface area (Å²) >= 11 is 1.23. The molecule has 1 aromatic heterocycles. The molecule has 0 aromatic carbocycles. The third-order valence-electron chi connectivity index (χ3n) is 2.99. The van der Waals surface area contributed by atoms with Crippen LogP contribution in [0.25, 0.3) is 0 Å². The summed E-state index contributed by atoms with van der Waals surface area (Å²) < 4.78 is 5.17. The molecule has 2 heterocycles. The molecule has 0 unspecified atom stereocenters. The Morgan fingerprint density at radius 3 is 3.00 bits per heavy atom. The SMILES string of the molecule is N#Cc1ccsc1C(=O)NCC1(O)CCOCC1. The van der Waals surface area contributed by atoms with E-state index in [1.165, 1.54) is 11.3 Å². The van der Waals surface area contributed by atoms with Crippen LogP contribution in [0, 0.1) is 11.3 Å². The van der Waals surface area contributed by atoms with Gasteiger partial charge in [0, 0.05) is 32.6 Å². The van der Waals surface area contributed by atoms with Crippen molar-refractivity contribution in [2.45, 2.75) is 18.4 Å². The molecule has 1 saturated heterocycles. The molecule has 18 heavy (non-hydrogen) atoms. The topological polar surface area (TPSA) is 82.4 Å². The molecule has 1 aliphatic heterocycles. The van der Waals surface area contributed by atoms with E-state index in [1.54, 1.807) is 11.4 Å². The van der Waals surface area contributed by atoms with Crippen LogP contribution in [0.15, 0.2) is 11.4 Å². The number of nitriles is 1. The number of rotatable bonds is 3. The number of nitrogens with one attached hydrogen (secondary N) is 1. The standard InChI is InChI=1S/C12H14N2O3S/c13-7-9-1-6-18-10(9)11(15)14-8-12(16)2-4-17-5-3-12/h1,6,16H,2-5,8H2,(H,14,15). The van der Waals surface area contributed by atoms with Gasteiger partial charge in [-0.05, 0) is 11.4 Å². The number of aliphatic hydroxyl groups is 1. The Hall–Kier alpha value is -1.42. The van der Waals surface area contributed by atoms with Crippen molar-refractivity contribution >= 4 is 17.2 Å². The van der Waals surface area contributed by atoms with Crippen LogP contribution in [-0.4, -0.2) is 36.4 Å². The summed E-state index contributed by atoms with van der Waals surface area (Å²) in [5, 5.41) is 23.4. The smallest absolute Gasteiger partial charge is 0.262 e. The molecule has 0 spiro atoms. The Bertz CT molecular complexity index is 472. The van der Waals surface area contributed by atoms with Gasteiger partial charge < -0.3 is 15.2 Å². The largest absolute Gasteiger partial charge is 0.388 e. The molecular weight excluding hydrogens is 252 g/mol. The van der Waals surface area contributed by atoms with Gasteiger partial charge in [0.05, 0.1) is 11.2 Å². The molecular formula is C12H14N2O3S. The van der Waals surface area contributed by atoms with E-state index >= 15 is 0 Å². The van der Waals surface area contributed by atoms with Gasteiger partial charge >= 0.3 is 0 Å². The molecule has 0 radical (unpaired) electrons. The van der Waals surface area contributed by atoms with E-state index in [0.717, 1.165) is 0 Å². The van der Waals surface area contributed by atoms with Crippen molar-refractivity contribution in [3.63, 3.8) is 0 Å². The van der Waals surface area contributed by atoms with E-state index in [-0.39, 0.29) is 12.5 Å². The maximum absolute atomic E-state index is 11.9. The van der Waals surface area contributed by atoms with E-state index in [4.69, 9.17) is 10.00 Å². The third-order valence-corrected chi connectivity index (χ3v) is 3.91. The summed E-state index contributed by atoms with van der Waals surface area (Å²) in [5.41, 5.74) is -0.519. The fraction of sp³-hybridized carbons (Fsp3) is 0.500. The monoisotopic (exact) mass is 266 g/mol. The van der Waals surface area contributed by atoms with E-state index in [1.807, 2.05) is 6.07 Å². The molecule has 2 rings (SSSR count). The van der Waals surface area contributed by atoms with Crippen LogP contribution in [0.1, 0.15) is 28.1 Å². The van der Waals surface area contributed by atoms with Gasteiger partial charge in [-0.2, -0.15) is 5.26 Å². The molecule has 0 aliphatic carbocycles. The Morgan fingerprint density at radius 2 is 2.33 bits per heavy atom. The molecule has 0 saturated carbocycles. The lowest BCUT2D eigenvalue weighted by molar-refractivity contribution is -0.0605. The summed E-state index contributed by atoms with van der Waals surface area (Å²) in [7, 11) is 0. The van der Waals surface area contributed by atoms with E-state index in [9.17, 15) is 9.90 Å². The summed E-state index contributed by atoms with van der Waals surface area (Å²) in [5.74, 6) is -0.304. The second-order valence-corrected chi connectivity index (χ2v) is 5.21. The van der Waals surface area contributed by atoms with Crippen LogP contribution >= 0.6 is 11.3 Å². The van der Waals surface area contributed by atoms with Gasteiger partial charge in [0.15, 0.2) is 0 Å². The fourth-order valence-electron chi connectivity index (χ4n) is 1.83. The molecule has 96 valence electrons. The normalized spacial score (nSPS) is 18.0. The van der Waals surface area contributed by atoms with Crippen LogP contribution in [0.2, 0.25) is 0 Å². The fourth-order valence-corrected chi connectivity index (χ4v) is 2.59. The number of carbonyl (C=O) groups is 1. The van der Waals surface area contributed by atoms with Crippen molar-refractivity contribution in [2.24, 2.45) is 0 Å². The maximum Gasteiger partial charge on any atom is 0.262 e. The number of ether oxygens (including phenoxy) is 1. The first-order chi connectivity index (χ1) is 8.64. The zero-order valence-electron chi connectivity index (χ0n) is 9.81. The molecule has 5 nitrogen and oxygen atoms in total. The molecule has 1 aromatic rings. The first-order valence-corrected chi connectivity index (χ1v) is 6.58. The molecule has 1 fully saturated rings. The average molecular weight is 266 g/mol. The van der Waals surface area contributed by atoms with E-state index in [2.05, 4.69) is 5.32 Å². The molecule has 0 bridgehead atoms. The molecule has 6 heteroatoms. The summed E-state index contributed by atoms with van der Waals surface area (Å²) in [6.45, 7) is 1.21. The Kier molecular flexibility index (Phi) is 3.97. The van der Waals surface area contributed by atoms with Crippen LogP contribution < -0.4 is 5.32 Å². The van der Waals surface area contributed by atoms with Crippen molar-refractivity contribution in [1.82, 2.24) is 5.32 Å². The predicted octanol–water partition coefficient (Wildman–Crippen LogP) is 0.891. The zero-order valence-corrected chi connectivity index (χ0v) is 10.6. The predicted molar refractivity (Wildman–Crippen MR) is 66.4 cm³/mol. The Balaban J connectivity index is 1.94. The van der Waals surface area contributed by atoms with Gasteiger partial charge in [0.2, 0.25) is 0 Å². The van der Waals surface area contributed by atoms with Gasteiger partial charge in [-0.1, -0.05) is 0 Å². The summed E-state index contributed by atoms with van der Waals surface area (Å²) in [6.07, 6.45) is 1.03. The highest BCUT2D eigenvalue weighted by Crippen LogP contribution is 2.20.